The first-order chi connectivity index (χ1) is 9.06. The van der Waals surface area contributed by atoms with E-state index in [2.05, 4.69) is 4.98 Å². The molecule has 0 aliphatic carbocycles. The van der Waals surface area contributed by atoms with Crippen LogP contribution < -0.4 is 0 Å². The third kappa shape index (κ3) is 1.88. The van der Waals surface area contributed by atoms with E-state index in [9.17, 15) is 13.6 Å². The van der Waals surface area contributed by atoms with E-state index in [-0.39, 0.29) is 11.3 Å². The molecule has 0 saturated heterocycles. The van der Waals surface area contributed by atoms with Crippen LogP contribution in [-0.4, -0.2) is 20.5 Å². The summed E-state index contributed by atoms with van der Waals surface area (Å²) in [7, 11) is 0. The van der Waals surface area contributed by atoms with Crippen LogP contribution in [0.4, 0.5) is 8.78 Å². The molecule has 2 aromatic heterocycles. The van der Waals surface area contributed by atoms with Crippen LogP contribution in [0.15, 0.2) is 29.8 Å². The molecule has 0 spiro atoms. The minimum atomic E-state index is -1.15. The fourth-order valence-electron chi connectivity index (χ4n) is 1.78. The molecule has 2 heterocycles. The molecule has 0 atom stereocenters. The number of carboxylic acids is 1. The van der Waals surface area contributed by atoms with Crippen molar-refractivity contribution in [2.75, 3.05) is 0 Å². The quantitative estimate of drug-likeness (QED) is 0.785. The van der Waals surface area contributed by atoms with Crippen molar-refractivity contribution in [2.45, 2.75) is 0 Å². The molecule has 3 rings (SSSR count). The Hall–Kier alpha value is -2.28. The summed E-state index contributed by atoms with van der Waals surface area (Å²) in [6.07, 6.45) is 1.31. The zero-order valence-electron chi connectivity index (χ0n) is 9.30. The number of carbonyl (C=O) groups is 1. The normalized spacial score (nSPS) is 11.1. The number of nitrogens with zero attached hydrogens (tertiary/aromatic N) is 2. The number of hydrogen-bond acceptors (Lipinski definition) is 3. The summed E-state index contributed by atoms with van der Waals surface area (Å²) in [5.74, 6) is -2.52. The monoisotopic (exact) mass is 280 g/mol. The zero-order valence-corrected chi connectivity index (χ0v) is 10.1. The van der Waals surface area contributed by atoms with Crippen molar-refractivity contribution >= 4 is 22.3 Å². The number of thiazole rings is 1. The Bertz CT molecular complexity index is 794. The first kappa shape index (κ1) is 11.8. The average Bonchev–Trinajstić information content (AvgIpc) is 2.89. The fraction of sp³-hybridized carbons (Fsp3) is 0. The molecule has 1 N–H and O–H groups in total. The van der Waals surface area contributed by atoms with Gasteiger partial charge in [-0.05, 0) is 12.1 Å². The lowest BCUT2D eigenvalue weighted by Crippen LogP contribution is -1.95. The van der Waals surface area contributed by atoms with Crippen molar-refractivity contribution in [2.24, 2.45) is 0 Å². The van der Waals surface area contributed by atoms with Crippen LogP contribution in [0, 0.1) is 11.6 Å². The van der Waals surface area contributed by atoms with E-state index < -0.39 is 17.6 Å². The maximum Gasteiger partial charge on any atom is 0.356 e. The smallest absolute Gasteiger partial charge is 0.356 e. The van der Waals surface area contributed by atoms with E-state index in [4.69, 9.17) is 5.11 Å². The first-order valence-electron chi connectivity index (χ1n) is 5.21. The SMILES string of the molecule is O=C(O)c1cn2c(-c3ccc(F)cc3F)csc2n1. The van der Waals surface area contributed by atoms with Gasteiger partial charge >= 0.3 is 5.97 Å². The van der Waals surface area contributed by atoms with Gasteiger partial charge in [0.15, 0.2) is 10.7 Å². The zero-order chi connectivity index (χ0) is 13.6. The summed E-state index contributed by atoms with van der Waals surface area (Å²) in [5, 5.41) is 10.5. The van der Waals surface area contributed by atoms with Crippen LogP contribution in [0.1, 0.15) is 10.5 Å². The maximum atomic E-state index is 13.7. The maximum absolute atomic E-state index is 13.7. The van der Waals surface area contributed by atoms with Gasteiger partial charge in [0.25, 0.3) is 0 Å². The fourth-order valence-corrected chi connectivity index (χ4v) is 2.65. The molecule has 0 fully saturated rings. The number of rotatable bonds is 2. The Kier molecular flexibility index (Phi) is 2.56. The van der Waals surface area contributed by atoms with Crippen LogP contribution in [0.25, 0.3) is 16.2 Å². The molecule has 4 nitrogen and oxygen atoms in total. The number of benzene rings is 1. The van der Waals surface area contributed by atoms with Gasteiger partial charge in [-0.15, -0.1) is 11.3 Å². The summed E-state index contributed by atoms with van der Waals surface area (Å²) in [5.41, 5.74) is 0.523. The third-order valence-corrected chi connectivity index (χ3v) is 3.48. The molecular formula is C12H6F2N2O2S. The second-order valence-corrected chi connectivity index (χ2v) is 4.67. The Morgan fingerprint density at radius 2 is 2.16 bits per heavy atom. The Morgan fingerprint density at radius 3 is 2.84 bits per heavy atom. The minimum absolute atomic E-state index is 0.115. The van der Waals surface area contributed by atoms with E-state index in [0.717, 1.165) is 12.1 Å². The number of aromatic nitrogens is 2. The largest absolute Gasteiger partial charge is 0.476 e. The third-order valence-electron chi connectivity index (χ3n) is 2.64. The van der Waals surface area contributed by atoms with Gasteiger partial charge in [-0.25, -0.2) is 18.6 Å². The second kappa shape index (κ2) is 4.13. The van der Waals surface area contributed by atoms with Crippen molar-refractivity contribution in [3.63, 3.8) is 0 Å². The Labute approximate surface area is 109 Å². The Balaban J connectivity index is 2.21. The van der Waals surface area contributed by atoms with Gasteiger partial charge in [0.2, 0.25) is 0 Å². The molecule has 0 radical (unpaired) electrons. The van der Waals surface area contributed by atoms with E-state index in [1.807, 2.05) is 0 Å². The van der Waals surface area contributed by atoms with Gasteiger partial charge in [-0.2, -0.15) is 0 Å². The number of halogens is 2. The van der Waals surface area contributed by atoms with Crippen molar-refractivity contribution < 1.29 is 18.7 Å². The predicted octanol–water partition coefficient (Wildman–Crippen LogP) is 3.04. The molecule has 1 aromatic carbocycles. The molecule has 3 aromatic rings. The summed E-state index contributed by atoms with van der Waals surface area (Å²) < 4.78 is 28.1. The molecule has 0 aliphatic rings. The predicted molar refractivity (Wildman–Crippen MR) is 65.4 cm³/mol. The molecule has 0 aliphatic heterocycles. The van der Waals surface area contributed by atoms with Gasteiger partial charge in [0, 0.05) is 23.2 Å². The molecule has 0 saturated carbocycles. The van der Waals surface area contributed by atoms with Crippen LogP contribution >= 0.6 is 11.3 Å². The van der Waals surface area contributed by atoms with E-state index >= 15 is 0 Å². The van der Waals surface area contributed by atoms with Gasteiger partial charge in [0.1, 0.15) is 11.6 Å². The molecule has 0 unspecified atom stereocenters. The number of carboxylic acid groups (broad SMARTS) is 1. The standard InChI is InChI=1S/C12H6F2N2O2S/c13-6-1-2-7(8(14)3-6)10-5-19-12-15-9(11(17)18)4-16(10)12/h1-5H,(H,17,18). The molecular weight excluding hydrogens is 274 g/mol. The molecule has 0 bridgehead atoms. The topological polar surface area (TPSA) is 54.6 Å². The summed E-state index contributed by atoms with van der Waals surface area (Å²) in [4.78, 5) is 15.2. The lowest BCUT2D eigenvalue weighted by molar-refractivity contribution is 0.0691. The number of fused-ring (bicyclic) bond motifs is 1. The lowest BCUT2D eigenvalue weighted by Gasteiger charge is -2.01. The molecule has 0 amide bonds. The molecule has 96 valence electrons. The molecule has 19 heavy (non-hydrogen) atoms. The summed E-state index contributed by atoms with van der Waals surface area (Å²) >= 11 is 1.19. The number of hydrogen-bond donors (Lipinski definition) is 1. The van der Waals surface area contributed by atoms with Crippen molar-refractivity contribution in [3.05, 3.63) is 47.1 Å². The lowest BCUT2D eigenvalue weighted by atomic mass is 10.1. The highest BCUT2D eigenvalue weighted by atomic mass is 32.1. The minimum Gasteiger partial charge on any atom is -0.476 e. The first-order valence-corrected chi connectivity index (χ1v) is 6.09. The summed E-state index contributed by atoms with van der Waals surface area (Å²) in [6, 6.07) is 3.25. The summed E-state index contributed by atoms with van der Waals surface area (Å²) in [6.45, 7) is 0. The highest BCUT2D eigenvalue weighted by molar-refractivity contribution is 7.15. The van der Waals surface area contributed by atoms with E-state index in [1.54, 1.807) is 5.38 Å². The van der Waals surface area contributed by atoms with Crippen LogP contribution in [-0.2, 0) is 0 Å². The van der Waals surface area contributed by atoms with E-state index in [1.165, 1.54) is 28.0 Å². The van der Waals surface area contributed by atoms with Crippen molar-refractivity contribution in [1.82, 2.24) is 9.38 Å². The van der Waals surface area contributed by atoms with Crippen LogP contribution in [0.3, 0.4) is 0 Å². The molecule has 7 heteroatoms. The van der Waals surface area contributed by atoms with Gasteiger partial charge in [-0.1, -0.05) is 0 Å². The van der Waals surface area contributed by atoms with Gasteiger partial charge < -0.3 is 5.11 Å². The Morgan fingerprint density at radius 1 is 1.37 bits per heavy atom. The highest BCUT2D eigenvalue weighted by Crippen LogP contribution is 2.28. The van der Waals surface area contributed by atoms with Gasteiger partial charge in [0.05, 0.1) is 5.69 Å². The second-order valence-electron chi connectivity index (χ2n) is 3.83. The van der Waals surface area contributed by atoms with Gasteiger partial charge in [-0.3, -0.25) is 4.40 Å². The van der Waals surface area contributed by atoms with Crippen LogP contribution in [0.5, 0.6) is 0 Å². The number of imidazole rings is 1. The number of aromatic carboxylic acids is 1. The highest BCUT2D eigenvalue weighted by Gasteiger charge is 2.16. The van der Waals surface area contributed by atoms with Crippen LogP contribution in [0.2, 0.25) is 0 Å². The van der Waals surface area contributed by atoms with E-state index in [0.29, 0.717) is 10.7 Å². The average molecular weight is 280 g/mol. The van der Waals surface area contributed by atoms with Crippen molar-refractivity contribution in [1.29, 1.82) is 0 Å². The van der Waals surface area contributed by atoms with Crippen molar-refractivity contribution in [3.8, 4) is 11.3 Å².